The van der Waals surface area contributed by atoms with Gasteiger partial charge in [0.25, 0.3) is 0 Å². The van der Waals surface area contributed by atoms with E-state index in [-0.39, 0.29) is 30.4 Å². The summed E-state index contributed by atoms with van der Waals surface area (Å²) in [5.74, 6) is 0.891. The van der Waals surface area contributed by atoms with Crippen molar-refractivity contribution >= 4 is 30.1 Å². The fourth-order valence-electron chi connectivity index (χ4n) is 1.83. The molecule has 5 heteroatoms. The molecule has 1 amide bonds. The second-order valence-electron chi connectivity index (χ2n) is 4.82. The lowest BCUT2D eigenvalue weighted by molar-refractivity contribution is -0.123. The summed E-state index contributed by atoms with van der Waals surface area (Å²) in [5.41, 5.74) is 7.13. The highest BCUT2D eigenvalue weighted by atomic mass is 35.5. The second kappa shape index (κ2) is 11.0. The zero-order valence-electron chi connectivity index (χ0n) is 12.2. The van der Waals surface area contributed by atoms with Gasteiger partial charge >= 0.3 is 0 Å². The van der Waals surface area contributed by atoms with Crippen LogP contribution in [0.1, 0.15) is 25.3 Å². The van der Waals surface area contributed by atoms with Crippen molar-refractivity contribution < 1.29 is 4.79 Å². The Bertz CT molecular complexity index is 375. The maximum absolute atomic E-state index is 11.8. The van der Waals surface area contributed by atoms with Gasteiger partial charge in [-0.1, -0.05) is 30.3 Å². The van der Waals surface area contributed by atoms with Crippen LogP contribution < -0.4 is 11.1 Å². The van der Waals surface area contributed by atoms with E-state index in [1.54, 1.807) is 11.8 Å². The molecule has 0 heterocycles. The minimum absolute atomic E-state index is 0. The van der Waals surface area contributed by atoms with Crippen molar-refractivity contribution in [2.45, 2.75) is 38.3 Å². The molecule has 0 aliphatic heterocycles. The molecule has 1 aromatic rings. The molecule has 0 aliphatic rings. The van der Waals surface area contributed by atoms with Crippen molar-refractivity contribution in [2.24, 2.45) is 5.73 Å². The molecule has 1 aromatic carbocycles. The van der Waals surface area contributed by atoms with Crippen molar-refractivity contribution in [1.29, 1.82) is 0 Å². The average molecular weight is 317 g/mol. The number of rotatable bonds is 8. The first-order valence-electron chi connectivity index (χ1n) is 6.72. The number of halogens is 1. The van der Waals surface area contributed by atoms with Crippen LogP contribution in [0, 0.1) is 0 Å². The number of thioether (sulfide) groups is 1. The van der Waals surface area contributed by atoms with Gasteiger partial charge in [0.1, 0.15) is 0 Å². The molecule has 0 aromatic heterocycles. The number of amides is 1. The average Bonchev–Trinajstić information content (AvgIpc) is 2.43. The van der Waals surface area contributed by atoms with Crippen LogP contribution in [0.5, 0.6) is 0 Å². The van der Waals surface area contributed by atoms with Crippen LogP contribution in [0.15, 0.2) is 30.3 Å². The molecule has 0 spiro atoms. The standard InChI is InChI=1S/C15H24N2OS.ClH/c1-12(8-9-13-6-4-3-5-7-13)17-15(18)14(16)10-11-19-2;/h3-7,12,14H,8-11,16H2,1-2H3,(H,17,18);1H/t12?,14-;/m0./s1. The molecule has 3 nitrogen and oxygen atoms in total. The Hall–Kier alpha value is -0.710. The highest BCUT2D eigenvalue weighted by molar-refractivity contribution is 7.98. The van der Waals surface area contributed by atoms with Gasteiger partial charge in [0.15, 0.2) is 0 Å². The molecule has 114 valence electrons. The summed E-state index contributed by atoms with van der Waals surface area (Å²) in [6.07, 6.45) is 4.67. The maximum atomic E-state index is 11.8. The lowest BCUT2D eigenvalue weighted by atomic mass is 10.1. The number of nitrogens with two attached hydrogens (primary N) is 1. The third-order valence-corrected chi connectivity index (χ3v) is 3.71. The van der Waals surface area contributed by atoms with Crippen molar-refractivity contribution in [3.8, 4) is 0 Å². The predicted octanol–water partition coefficient (Wildman–Crippen LogP) is 2.63. The number of hydrogen-bond acceptors (Lipinski definition) is 3. The number of nitrogens with one attached hydrogen (secondary N) is 1. The van der Waals surface area contributed by atoms with Crippen molar-refractivity contribution in [3.05, 3.63) is 35.9 Å². The highest BCUT2D eigenvalue weighted by Crippen LogP contribution is 2.05. The minimum Gasteiger partial charge on any atom is -0.352 e. The third kappa shape index (κ3) is 7.78. The van der Waals surface area contributed by atoms with Gasteiger partial charge in [0.2, 0.25) is 5.91 Å². The molecule has 0 radical (unpaired) electrons. The summed E-state index contributed by atoms with van der Waals surface area (Å²) in [4.78, 5) is 11.8. The van der Waals surface area contributed by atoms with E-state index in [2.05, 4.69) is 17.4 Å². The van der Waals surface area contributed by atoms with E-state index in [0.29, 0.717) is 0 Å². The monoisotopic (exact) mass is 316 g/mol. The van der Waals surface area contributed by atoms with Crippen molar-refractivity contribution in [1.82, 2.24) is 5.32 Å². The van der Waals surface area contributed by atoms with Gasteiger partial charge in [-0.2, -0.15) is 11.8 Å². The SMILES string of the molecule is CSCC[C@H](N)C(=O)NC(C)CCc1ccccc1.Cl. The second-order valence-corrected chi connectivity index (χ2v) is 5.81. The number of benzene rings is 1. The molecule has 1 unspecified atom stereocenters. The zero-order valence-corrected chi connectivity index (χ0v) is 13.8. The Morgan fingerprint density at radius 3 is 2.55 bits per heavy atom. The lowest BCUT2D eigenvalue weighted by Gasteiger charge is -2.17. The van der Waals surface area contributed by atoms with Crippen LogP contribution >= 0.6 is 24.2 Å². The zero-order chi connectivity index (χ0) is 14.1. The molecule has 0 aliphatic carbocycles. The van der Waals surface area contributed by atoms with Gasteiger partial charge in [-0.15, -0.1) is 12.4 Å². The molecule has 1 rings (SSSR count). The van der Waals surface area contributed by atoms with Gasteiger partial charge in [0, 0.05) is 6.04 Å². The van der Waals surface area contributed by atoms with Crippen LogP contribution in [0.3, 0.4) is 0 Å². The van der Waals surface area contributed by atoms with E-state index in [1.807, 2.05) is 31.4 Å². The quantitative estimate of drug-likeness (QED) is 0.775. The molecule has 0 saturated heterocycles. The van der Waals surface area contributed by atoms with E-state index in [9.17, 15) is 4.79 Å². The molecule has 0 bridgehead atoms. The van der Waals surface area contributed by atoms with Crippen molar-refractivity contribution in [2.75, 3.05) is 12.0 Å². The largest absolute Gasteiger partial charge is 0.352 e. The Balaban J connectivity index is 0.00000361. The smallest absolute Gasteiger partial charge is 0.237 e. The number of carbonyl (C=O) groups excluding carboxylic acids is 1. The molecule has 0 fully saturated rings. The molecular weight excluding hydrogens is 292 g/mol. The first-order chi connectivity index (χ1) is 9.13. The molecule has 2 atom stereocenters. The number of hydrogen-bond donors (Lipinski definition) is 2. The summed E-state index contributed by atoms with van der Waals surface area (Å²) in [7, 11) is 0. The minimum atomic E-state index is -0.383. The van der Waals surface area contributed by atoms with Crippen LogP contribution in [0.4, 0.5) is 0 Å². The molecule has 20 heavy (non-hydrogen) atoms. The Kier molecular flexibility index (Phi) is 10.6. The van der Waals surface area contributed by atoms with Gasteiger partial charge in [-0.3, -0.25) is 4.79 Å². The van der Waals surface area contributed by atoms with E-state index < -0.39 is 0 Å². The fraction of sp³-hybridized carbons (Fsp3) is 0.533. The number of carbonyl (C=O) groups is 1. The third-order valence-electron chi connectivity index (χ3n) is 3.07. The van der Waals surface area contributed by atoms with Gasteiger partial charge in [0.05, 0.1) is 6.04 Å². The lowest BCUT2D eigenvalue weighted by Crippen LogP contribution is -2.44. The van der Waals surface area contributed by atoms with Crippen LogP contribution in [0.25, 0.3) is 0 Å². The van der Waals surface area contributed by atoms with Crippen LogP contribution in [0.2, 0.25) is 0 Å². The topological polar surface area (TPSA) is 55.1 Å². The van der Waals surface area contributed by atoms with Gasteiger partial charge in [-0.05, 0) is 43.8 Å². The summed E-state index contributed by atoms with van der Waals surface area (Å²) in [6.45, 7) is 2.03. The normalized spacial score (nSPS) is 13.2. The molecular formula is C15H25ClN2OS. The molecule has 3 N–H and O–H groups in total. The maximum Gasteiger partial charge on any atom is 0.237 e. The predicted molar refractivity (Wildman–Crippen MR) is 90.6 cm³/mol. The Morgan fingerprint density at radius 1 is 1.30 bits per heavy atom. The Labute approximate surface area is 132 Å². The van der Waals surface area contributed by atoms with E-state index in [4.69, 9.17) is 5.73 Å². The summed E-state index contributed by atoms with van der Waals surface area (Å²) >= 11 is 1.71. The summed E-state index contributed by atoms with van der Waals surface area (Å²) < 4.78 is 0. The fourth-order valence-corrected chi connectivity index (χ4v) is 2.32. The van der Waals surface area contributed by atoms with Crippen LogP contribution in [-0.4, -0.2) is 30.0 Å². The Morgan fingerprint density at radius 2 is 1.95 bits per heavy atom. The first kappa shape index (κ1) is 19.3. The van der Waals surface area contributed by atoms with E-state index >= 15 is 0 Å². The van der Waals surface area contributed by atoms with Gasteiger partial charge < -0.3 is 11.1 Å². The van der Waals surface area contributed by atoms with Crippen LogP contribution in [-0.2, 0) is 11.2 Å². The first-order valence-corrected chi connectivity index (χ1v) is 8.11. The summed E-state index contributed by atoms with van der Waals surface area (Å²) in [5, 5.41) is 2.99. The molecule has 0 saturated carbocycles. The van der Waals surface area contributed by atoms with E-state index in [0.717, 1.165) is 25.0 Å². The van der Waals surface area contributed by atoms with E-state index in [1.165, 1.54) is 5.56 Å². The van der Waals surface area contributed by atoms with Crippen molar-refractivity contribution in [3.63, 3.8) is 0 Å². The summed E-state index contributed by atoms with van der Waals surface area (Å²) in [6, 6.07) is 10.1. The highest BCUT2D eigenvalue weighted by Gasteiger charge is 2.15. The van der Waals surface area contributed by atoms with Gasteiger partial charge in [-0.25, -0.2) is 0 Å². The number of aryl methyl sites for hydroxylation is 1.